The van der Waals surface area contributed by atoms with Crippen molar-refractivity contribution >= 4 is 34.1 Å². The minimum atomic E-state index is -0.460. The summed E-state index contributed by atoms with van der Waals surface area (Å²) in [7, 11) is 0. The van der Waals surface area contributed by atoms with E-state index in [0.29, 0.717) is 45.2 Å². The third-order valence-electron chi connectivity index (χ3n) is 7.00. The first-order valence-corrected chi connectivity index (χ1v) is 10.7. The van der Waals surface area contributed by atoms with Crippen LogP contribution in [0, 0.1) is 37.1 Å². The van der Waals surface area contributed by atoms with Crippen LogP contribution in [0.3, 0.4) is 0 Å². The third-order valence-corrected chi connectivity index (χ3v) is 7.21. The molecule has 6 rings (SSSR count). The molecule has 8 heteroatoms. The molecule has 2 N–H and O–H groups in total. The van der Waals surface area contributed by atoms with Crippen LogP contribution in [0.15, 0.2) is 12.3 Å². The predicted octanol–water partition coefficient (Wildman–Crippen LogP) is 5.91. The van der Waals surface area contributed by atoms with Gasteiger partial charge in [0.25, 0.3) is 0 Å². The van der Waals surface area contributed by atoms with E-state index in [2.05, 4.69) is 37.3 Å². The Labute approximate surface area is 179 Å². The minimum Gasteiger partial charge on any atom is -0.364 e. The monoisotopic (exact) mass is 424 g/mol. The lowest BCUT2D eigenvalue weighted by Crippen LogP contribution is -2.47. The number of aromatic amines is 1. The van der Waals surface area contributed by atoms with Crippen molar-refractivity contribution in [2.75, 3.05) is 5.32 Å². The van der Waals surface area contributed by atoms with Gasteiger partial charge in [0.2, 0.25) is 5.69 Å². The maximum atomic E-state index is 15.2. The second-order valence-corrected chi connectivity index (χ2v) is 8.97. The molecular weight excluding hydrogens is 403 g/mol. The Morgan fingerprint density at radius 2 is 2.00 bits per heavy atom. The van der Waals surface area contributed by atoms with E-state index in [1.165, 1.54) is 31.9 Å². The molecule has 3 aliphatic carbocycles. The van der Waals surface area contributed by atoms with Crippen molar-refractivity contribution in [3.05, 3.63) is 40.1 Å². The van der Waals surface area contributed by atoms with Gasteiger partial charge in [-0.3, -0.25) is 5.10 Å². The highest BCUT2D eigenvalue weighted by Crippen LogP contribution is 2.46. The molecule has 3 heterocycles. The fourth-order valence-corrected chi connectivity index (χ4v) is 5.45. The number of nitrogens with one attached hydrogen (secondary N) is 2. The van der Waals surface area contributed by atoms with Crippen molar-refractivity contribution in [2.45, 2.75) is 45.6 Å². The van der Waals surface area contributed by atoms with Crippen LogP contribution in [-0.2, 0) is 0 Å². The van der Waals surface area contributed by atoms with Crippen molar-refractivity contribution in [1.82, 2.24) is 20.2 Å². The number of H-pyrrole nitrogens is 1. The molecule has 0 unspecified atom stereocenters. The first-order valence-electron chi connectivity index (χ1n) is 10.3. The number of pyridine rings is 2. The molecule has 0 spiro atoms. The number of aromatic nitrogens is 4. The second-order valence-electron chi connectivity index (χ2n) is 8.54. The Kier molecular flexibility index (Phi) is 4.62. The Morgan fingerprint density at radius 1 is 1.27 bits per heavy atom. The van der Waals surface area contributed by atoms with Gasteiger partial charge in [-0.25, -0.2) is 19.2 Å². The van der Waals surface area contributed by atoms with E-state index < -0.39 is 5.82 Å². The van der Waals surface area contributed by atoms with Crippen molar-refractivity contribution in [3.8, 4) is 11.4 Å². The van der Waals surface area contributed by atoms with Gasteiger partial charge in [-0.2, -0.15) is 5.10 Å². The molecule has 0 saturated heterocycles. The van der Waals surface area contributed by atoms with Crippen molar-refractivity contribution in [3.63, 3.8) is 0 Å². The summed E-state index contributed by atoms with van der Waals surface area (Å²) in [6.07, 6.45) is 6.38. The zero-order valence-corrected chi connectivity index (χ0v) is 17.6. The number of hydrogen-bond donors (Lipinski definition) is 2. The smallest absolute Gasteiger partial charge is 0.220 e. The molecule has 3 aromatic rings. The summed E-state index contributed by atoms with van der Waals surface area (Å²) >= 11 is 6.12. The van der Waals surface area contributed by atoms with Crippen LogP contribution < -0.4 is 5.32 Å². The molecule has 0 aliphatic heterocycles. The van der Waals surface area contributed by atoms with E-state index >= 15 is 4.39 Å². The molecular formula is C22H22ClFN6. The molecule has 0 aromatic carbocycles. The molecule has 3 saturated carbocycles. The molecule has 3 aliphatic rings. The third kappa shape index (κ3) is 2.93. The maximum Gasteiger partial charge on any atom is 0.220 e. The first-order chi connectivity index (χ1) is 14.5. The number of nitrogens with zero attached hydrogens (tertiary/aromatic N) is 4. The number of rotatable bonds is 3. The van der Waals surface area contributed by atoms with Gasteiger partial charge >= 0.3 is 0 Å². The fourth-order valence-electron chi connectivity index (χ4n) is 5.29. The van der Waals surface area contributed by atoms with Gasteiger partial charge < -0.3 is 5.32 Å². The average Bonchev–Trinajstić information content (AvgIpc) is 3.16. The topological polar surface area (TPSA) is 70.8 Å². The molecule has 3 fully saturated rings. The Morgan fingerprint density at radius 3 is 2.70 bits per heavy atom. The summed E-state index contributed by atoms with van der Waals surface area (Å²) in [6, 6.07) is 1.92. The number of hydrogen-bond acceptors (Lipinski definition) is 4. The van der Waals surface area contributed by atoms with Crippen LogP contribution in [0.25, 0.3) is 27.3 Å². The molecule has 154 valence electrons. The fraction of sp³-hybridized carbons (Fsp3) is 0.455. The maximum absolute atomic E-state index is 15.2. The Balaban J connectivity index is 1.62. The normalized spacial score (nSPS) is 25.4. The van der Waals surface area contributed by atoms with Crippen LogP contribution in [0.1, 0.15) is 38.2 Å². The Bertz CT molecular complexity index is 1170. The first kappa shape index (κ1) is 19.3. The lowest BCUT2D eigenvalue weighted by molar-refractivity contribution is 0.0926. The summed E-state index contributed by atoms with van der Waals surface area (Å²) in [5, 5.41) is 11.6. The summed E-state index contributed by atoms with van der Waals surface area (Å²) in [6.45, 7) is 11.5. The quantitative estimate of drug-likeness (QED) is 0.513. The largest absolute Gasteiger partial charge is 0.364 e. The molecule has 6 nitrogen and oxygen atoms in total. The van der Waals surface area contributed by atoms with Gasteiger partial charge in [-0.15, -0.1) is 0 Å². The number of halogens is 2. The van der Waals surface area contributed by atoms with Gasteiger partial charge in [0, 0.05) is 17.6 Å². The van der Waals surface area contributed by atoms with Gasteiger partial charge in [0.05, 0.1) is 23.0 Å². The van der Waals surface area contributed by atoms with Crippen LogP contribution >= 0.6 is 11.6 Å². The van der Waals surface area contributed by atoms with Crippen molar-refractivity contribution < 1.29 is 4.39 Å². The average molecular weight is 425 g/mol. The van der Waals surface area contributed by atoms with Gasteiger partial charge in [0.15, 0.2) is 17.3 Å². The highest BCUT2D eigenvalue weighted by Gasteiger charge is 2.41. The zero-order valence-electron chi connectivity index (χ0n) is 16.8. The van der Waals surface area contributed by atoms with Crippen LogP contribution in [0.5, 0.6) is 0 Å². The van der Waals surface area contributed by atoms with E-state index in [4.69, 9.17) is 18.2 Å². The molecule has 2 atom stereocenters. The Hall–Kier alpha value is -2.72. The molecule has 0 amide bonds. The van der Waals surface area contributed by atoms with Gasteiger partial charge in [-0.1, -0.05) is 18.5 Å². The summed E-state index contributed by atoms with van der Waals surface area (Å²) in [5.74, 6) is 1.43. The van der Waals surface area contributed by atoms with Gasteiger partial charge in [0.1, 0.15) is 0 Å². The SMILES string of the molecule is [C-]#[N+]c1c(-c2[nH]nc3ncc(Cl)cc23)nc(N[C@H]2C3CCC(CC3)[C@@H]2C)c(F)c1C. The number of fused-ring (bicyclic) bond motifs is 4. The molecule has 3 aromatic heterocycles. The van der Waals surface area contributed by atoms with Crippen LogP contribution in [0.2, 0.25) is 5.02 Å². The van der Waals surface area contributed by atoms with E-state index in [1.54, 1.807) is 13.0 Å². The van der Waals surface area contributed by atoms with Crippen LogP contribution in [0.4, 0.5) is 15.9 Å². The van der Waals surface area contributed by atoms with E-state index in [0.717, 1.165) is 0 Å². The zero-order chi connectivity index (χ0) is 21.0. The van der Waals surface area contributed by atoms with Crippen LogP contribution in [-0.4, -0.2) is 26.2 Å². The van der Waals surface area contributed by atoms with E-state index in [-0.39, 0.29) is 23.1 Å². The summed E-state index contributed by atoms with van der Waals surface area (Å²) < 4.78 is 15.2. The van der Waals surface area contributed by atoms with E-state index in [9.17, 15) is 0 Å². The van der Waals surface area contributed by atoms with Crippen molar-refractivity contribution in [1.29, 1.82) is 0 Å². The lowest BCUT2D eigenvalue weighted by atomic mass is 9.62. The van der Waals surface area contributed by atoms with Crippen molar-refractivity contribution in [2.24, 2.45) is 17.8 Å². The number of anilines is 1. The highest BCUT2D eigenvalue weighted by molar-refractivity contribution is 6.31. The second kappa shape index (κ2) is 7.21. The molecule has 30 heavy (non-hydrogen) atoms. The lowest BCUT2D eigenvalue weighted by Gasteiger charge is -2.47. The minimum absolute atomic E-state index is 0.168. The van der Waals surface area contributed by atoms with Gasteiger partial charge in [-0.05, 0) is 62.0 Å². The summed E-state index contributed by atoms with van der Waals surface area (Å²) in [5.41, 5.74) is 1.81. The standard InChI is InChI=1S/C22H22ClFN6/c1-10-12-4-6-13(7-5-12)17(10)27-22-16(24)11(2)18(25-3)20(28-22)19-15-8-14(23)9-26-21(15)30-29-19/h8-10,12-13,17H,4-7H2,1-2H3,(H,27,28)(H,26,29,30)/t10-,12?,13?,17+/m0/s1. The van der Waals surface area contributed by atoms with E-state index in [1.807, 2.05) is 0 Å². The predicted molar refractivity (Wildman–Crippen MR) is 115 cm³/mol. The highest BCUT2D eigenvalue weighted by atomic mass is 35.5. The summed E-state index contributed by atoms with van der Waals surface area (Å²) in [4.78, 5) is 12.4. The molecule has 0 radical (unpaired) electrons. The molecule has 2 bridgehead atoms.